The van der Waals surface area contributed by atoms with Gasteiger partial charge in [-0.1, -0.05) is 37.3 Å². The second-order valence-corrected chi connectivity index (χ2v) is 8.67. The van der Waals surface area contributed by atoms with Gasteiger partial charge in [0.2, 0.25) is 5.91 Å². The standard InChI is InChI=1S/C23H32N8O/c1-19-9-13-29(14-10-19)17-22-26-27-28-31(22)12-5-8-23(32)25-21(16-30-15-11-24-18-30)20-6-3-2-4-7-20/h2-4,6-7,11,15,18-19,21H,5,8-10,12-14,16-17H2,1H3,(H,25,32). The zero-order valence-electron chi connectivity index (χ0n) is 18.7. The normalized spacial score (nSPS) is 16.2. The second-order valence-electron chi connectivity index (χ2n) is 8.67. The Morgan fingerprint density at radius 2 is 2.03 bits per heavy atom. The first-order valence-electron chi connectivity index (χ1n) is 11.4. The van der Waals surface area contributed by atoms with E-state index in [2.05, 4.69) is 37.6 Å². The van der Waals surface area contributed by atoms with Crippen LogP contribution < -0.4 is 5.32 Å². The molecule has 0 bridgehead atoms. The first-order valence-corrected chi connectivity index (χ1v) is 11.4. The van der Waals surface area contributed by atoms with E-state index in [9.17, 15) is 4.79 Å². The molecule has 1 aromatic carbocycles. The van der Waals surface area contributed by atoms with E-state index in [0.29, 0.717) is 25.9 Å². The molecule has 170 valence electrons. The van der Waals surface area contributed by atoms with Crippen LogP contribution in [0.5, 0.6) is 0 Å². The summed E-state index contributed by atoms with van der Waals surface area (Å²) < 4.78 is 3.82. The smallest absolute Gasteiger partial charge is 0.220 e. The lowest BCUT2D eigenvalue weighted by atomic mass is 9.99. The summed E-state index contributed by atoms with van der Waals surface area (Å²) in [5, 5.41) is 15.4. The quantitative estimate of drug-likeness (QED) is 0.525. The van der Waals surface area contributed by atoms with Crippen LogP contribution in [0.15, 0.2) is 49.1 Å². The fourth-order valence-electron chi connectivity index (χ4n) is 4.11. The highest BCUT2D eigenvalue weighted by molar-refractivity contribution is 5.76. The predicted octanol–water partition coefficient (Wildman–Crippen LogP) is 2.44. The van der Waals surface area contributed by atoms with Crippen molar-refractivity contribution in [2.45, 2.75) is 58.3 Å². The molecule has 0 saturated carbocycles. The summed E-state index contributed by atoms with van der Waals surface area (Å²) in [4.78, 5) is 19.2. The summed E-state index contributed by atoms with van der Waals surface area (Å²) in [6.07, 6.45) is 8.99. The average molecular weight is 437 g/mol. The molecule has 2 aromatic heterocycles. The van der Waals surface area contributed by atoms with Crippen LogP contribution >= 0.6 is 0 Å². The summed E-state index contributed by atoms with van der Waals surface area (Å²) in [5.41, 5.74) is 1.08. The molecule has 3 aromatic rings. The van der Waals surface area contributed by atoms with E-state index in [1.807, 2.05) is 45.8 Å². The minimum Gasteiger partial charge on any atom is -0.347 e. The lowest BCUT2D eigenvalue weighted by Gasteiger charge is -2.29. The Kier molecular flexibility index (Phi) is 7.60. The number of hydrogen-bond donors (Lipinski definition) is 1. The Balaban J connectivity index is 1.27. The minimum atomic E-state index is -0.108. The Morgan fingerprint density at radius 1 is 1.22 bits per heavy atom. The van der Waals surface area contributed by atoms with Crippen LogP contribution in [0.4, 0.5) is 0 Å². The SMILES string of the molecule is CC1CCN(Cc2nnnn2CCCC(=O)NC(Cn2ccnc2)c2ccccc2)CC1. The molecule has 1 aliphatic rings. The molecule has 1 fully saturated rings. The van der Waals surface area contributed by atoms with Crippen LogP contribution in [0.1, 0.15) is 50.0 Å². The molecule has 1 amide bonds. The number of hydrogen-bond acceptors (Lipinski definition) is 6. The Bertz CT molecular complexity index is 948. The Morgan fingerprint density at radius 3 is 2.78 bits per heavy atom. The number of aromatic nitrogens is 6. The third-order valence-electron chi connectivity index (χ3n) is 6.11. The van der Waals surface area contributed by atoms with Crippen molar-refractivity contribution in [2.75, 3.05) is 13.1 Å². The first kappa shape index (κ1) is 22.1. The zero-order valence-corrected chi connectivity index (χ0v) is 18.7. The number of carbonyl (C=O) groups is 1. The number of likely N-dealkylation sites (tertiary alicyclic amines) is 1. The lowest BCUT2D eigenvalue weighted by Crippen LogP contribution is -2.33. The van der Waals surface area contributed by atoms with Crippen molar-refractivity contribution < 1.29 is 4.79 Å². The van der Waals surface area contributed by atoms with Crippen LogP contribution in [0.25, 0.3) is 0 Å². The molecule has 0 radical (unpaired) electrons. The lowest BCUT2D eigenvalue weighted by molar-refractivity contribution is -0.122. The van der Waals surface area contributed by atoms with Crippen LogP contribution in [0, 0.1) is 5.92 Å². The van der Waals surface area contributed by atoms with Crippen LogP contribution in [0.2, 0.25) is 0 Å². The van der Waals surface area contributed by atoms with Gasteiger partial charge in [-0.15, -0.1) is 5.10 Å². The van der Waals surface area contributed by atoms with E-state index >= 15 is 0 Å². The van der Waals surface area contributed by atoms with Gasteiger partial charge >= 0.3 is 0 Å². The van der Waals surface area contributed by atoms with Crippen molar-refractivity contribution >= 4 is 5.91 Å². The molecule has 1 N–H and O–H groups in total. The molecule has 1 aliphatic heterocycles. The number of rotatable bonds is 10. The number of carbonyl (C=O) groups excluding carboxylic acids is 1. The molecule has 1 unspecified atom stereocenters. The maximum Gasteiger partial charge on any atom is 0.220 e. The molecular weight excluding hydrogens is 404 g/mol. The van der Waals surface area contributed by atoms with E-state index < -0.39 is 0 Å². The number of tetrazole rings is 1. The van der Waals surface area contributed by atoms with Crippen LogP contribution in [-0.2, 0) is 24.4 Å². The Labute approximate surface area is 188 Å². The van der Waals surface area contributed by atoms with Gasteiger partial charge in [-0.3, -0.25) is 9.69 Å². The van der Waals surface area contributed by atoms with Crippen LogP contribution in [0.3, 0.4) is 0 Å². The molecule has 0 aliphatic carbocycles. The van der Waals surface area contributed by atoms with Crippen molar-refractivity contribution in [3.05, 3.63) is 60.4 Å². The number of nitrogens with zero attached hydrogens (tertiary/aromatic N) is 7. The van der Waals surface area contributed by atoms with Gasteiger partial charge in [0.05, 0.1) is 18.9 Å². The topological polar surface area (TPSA) is 93.8 Å². The van der Waals surface area contributed by atoms with Gasteiger partial charge in [-0.05, 0) is 54.3 Å². The molecule has 1 saturated heterocycles. The molecule has 1 atom stereocenters. The molecule has 9 nitrogen and oxygen atoms in total. The van der Waals surface area contributed by atoms with E-state index in [1.54, 1.807) is 12.5 Å². The highest BCUT2D eigenvalue weighted by atomic mass is 16.1. The second kappa shape index (κ2) is 11.0. The van der Waals surface area contributed by atoms with E-state index in [0.717, 1.165) is 36.9 Å². The van der Waals surface area contributed by atoms with Crippen molar-refractivity contribution in [1.29, 1.82) is 0 Å². The highest BCUT2D eigenvalue weighted by Crippen LogP contribution is 2.18. The number of aryl methyl sites for hydroxylation is 1. The summed E-state index contributed by atoms with van der Waals surface area (Å²) >= 11 is 0. The molecule has 0 spiro atoms. The highest BCUT2D eigenvalue weighted by Gasteiger charge is 2.19. The summed E-state index contributed by atoms with van der Waals surface area (Å²) in [6, 6.07) is 9.93. The molecule has 32 heavy (non-hydrogen) atoms. The number of benzene rings is 1. The van der Waals surface area contributed by atoms with Gasteiger partial charge in [0.25, 0.3) is 0 Å². The van der Waals surface area contributed by atoms with E-state index in [1.165, 1.54) is 12.8 Å². The number of piperidine rings is 1. The third kappa shape index (κ3) is 6.23. The fourth-order valence-corrected chi connectivity index (χ4v) is 4.11. The number of imidazole rings is 1. The van der Waals surface area contributed by atoms with E-state index in [-0.39, 0.29) is 11.9 Å². The van der Waals surface area contributed by atoms with Gasteiger partial charge in [0.15, 0.2) is 5.82 Å². The van der Waals surface area contributed by atoms with Gasteiger partial charge in [0, 0.05) is 31.9 Å². The first-order chi connectivity index (χ1) is 15.7. The third-order valence-corrected chi connectivity index (χ3v) is 6.11. The van der Waals surface area contributed by atoms with Crippen molar-refractivity contribution in [2.24, 2.45) is 5.92 Å². The monoisotopic (exact) mass is 436 g/mol. The van der Waals surface area contributed by atoms with Gasteiger partial charge < -0.3 is 9.88 Å². The number of nitrogens with one attached hydrogen (secondary N) is 1. The number of amides is 1. The average Bonchev–Trinajstić information content (AvgIpc) is 3.48. The summed E-state index contributed by atoms with van der Waals surface area (Å²) in [5.74, 6) is 1.70. The largest absolute Gasteiger partial charge is 0.347 e. The zero-order chi connectivity index (χ0) is 22.2. The fraction of sp³-hybridized carbons (Fsp3) is 0.522. The van der Waals surface area contributed by atoms with Crippen molar-refractivity contribution in [3.63, 3.8) is 0 Å². The molecule has 4 rings (SSSR count). The molecule has 9 heteroatoms. The van der Waals surface area contributed by atoms with Gasteiger partial charge in [-0.2, -0.15) is 0 Å². The molecular formula is C23H32N8O. The van der Waals surface area contributed by atoms with Gasteiger partial charge in [-0.25, -0.2) is 9.67 Å². The summed E-state index contributed by atoms with van der Waals surface area (Å²) in [6.45, 7) is 6.54. The van der Waals surface area contributed by atoms with Crippen LogP contribution in [-0.4, -0.2) is 53.7 Å². The maximum absolute atomic E-state index is 12.7. The predicted molar refractivity (Wildman–Crippen MR) is 120 cm³/mol. The minimum absolute atomic E-state index is 0.0265. The maximum atomic E-state index is 12.7. The van der Waals surface area contributed by atoms with E-state index in [4.69, 9.17) is 0 Å². The summed E-state index contributed by atoms with van der Waals surface area (Å²) in [7, 11) is 0. The molecule has 3 heterocycles. The van der Waals surface area contributed by atoms with Crippen molar-refractivity contribution in [3.8, 4) is 0 Å². The van der Waals surface area contributed by atoms with Crippen molar-refractivity contribution in [1.82, 2.24) is 40.0 Å². The Hall–Kier alpha value is -3.07. The van der Waals surface area contributed by atoms with Gasteiger partial charge in [0.1, 0.15) is 0 Å².